The molecule has 0 spiro atoms. The molecule has 2 N–H and O–H groups in total. The predicted octanol–water partition coefficient (Wildman–Crippen LogP) is 3.84. The number of hydrogen-bond acceptors (Lipinski definition) is 7. The SMILES string of the molecule is O=C1Nc2ccc(Br)cc2/C1=N/c1nc(SCc2ccc([N+](=O)[O-])cc2)n[nH]1. The molecule has 2 heterocycles. The number of hydrogen-bond donors (Lipinski definition) is 2. The standard InChI is InChI=1S/C17H11BrN6O3S/c18-10-3-6-13-12(7-10)14(15(25)19-13)20-16-21-17(23-22-16)28-8-9-1-4-11(5-2-9)24(26)27/h1-7H,8H2,(H2,19,20,21,22,23,25). The molecule has 0 fully saturated rings. The minimum absolute atomic E-state index is 0.0477. The number of fused-ring (bicyclic) bond motifs is 1. The minimum Gasteiger partial charge on any atom is -0.320 e. The number of carbonyl (C=O) groups excluding carboxylic acids is 1. The Kier molecular flexibility index (Phi) is 4.92. The maximum Gasteiger partial charge on any atom is 0.275 e. The van der Waals surface area contributed by atoms with Crippen LogP contribution in [0.4, 0.5) is 17.3 Å². The fourth-order valence-electron chi connectivity index (χ4n) is 2.56. The lowest BCUT2D eigenvalue weighted by Gasteiger charge is -1.98. The van der Waals surface area contributed by atoms with Crippen molar-refractivity contribution in [1.29, 1.82) is 0 Å². The highest BCUT2D eigenvalue weighted by Crippen LogP contribution is 2.28. The van der Waals surface area contributed by atoms with E-state index in [1.54, 1.807) is 18.2 Å². The van der Waals surface area contributed by atoms with E-state index in [4.69, 9.17) is 0 Å². The number of anilines is 1. The highest BCUT2D eigenvalue weighted by atomic mass is 79.9. The molecule has 1 aliphatic heterocycles. The largest absolute Gasteiger partial charge is 0.320 e. The molecule has 0 saturated heterocycles. The number of non-ortho nitro benzene ring substituents is 1. The van der Waals surface area contributed by atoms with Gasteiger partial charge >= 0.3 is 0 Å². The Morgan fingerprint density at radius 1 is 1.21 bits per heavy atom. The summed E-state index contributed by atoms with van der Waals surface area (Å²) in [6, 6.07) is 11.7. The van der Waals surface area contributed by atoms with Crippen LogP contribution in [0.15, 0.2) is 57.1 Å². The smallest absolute Gasteiger partial charge is 0.275 e. The molecule has 9 nitrogen and oxygen atoms in total. The number of aliphatic imine (C=N–C) groups is 1. The molecule has 3 aromatic rings. The normalized spacial score (nSPS) is 14.2. The molecule has 0 saturated carbocycles. The Labute approximate surface area is 171 Å². The summed E-state index contributed by atoms with van der Waals surface area (Å²) in [5.41, 5.74) is 2.60. The minimum atomic E-state index is -0.437. The summed E-state index contributed by atoms with van der Waals surface area (Å²) in [6.45, 7) is 0. The highest BCUT2D eigenvalue weighted by molar-refractivity contribution is 9.10. The third kappa shape index (κ3) is 3.80. The highest BCUT2D eigenvalue weighted by Gasteiger charge is 2.26. The van der Waals surface area contributed by atoms with Crippen molar-refractivity contribution in [3.8, 4) is 0 Å². The van der Waals surface area contributed by atoms with Crippen molar-refractivity contribution in [1.82, 2.24) is 15.2 Å². The van der Waals surface area contributed by atoms with E-state index in [1.165, 1.54) is 23.9 Å². The summed E-state index contributed by atoms with van der Waals surface area (Å²) in [4.78, 5) is 31.0. The molecular weight excluding hydrogens is 448 g/mol. The average molecular weight is 459 g/mol. The second kappa shape index (κ2) is 7.52. The van der Waals surface area contributed by atoms with Crippen LogP contribution >= 0.6 is 27.7 Å². The Bertz CT molecular complexity index is 1110. The van der Waals surface area contributed by atoms with Gasteiger partial charge < -0.3 is 5.32 Å². The molecule has 1 aliphatic rings. The van der Waals surface area contributed by atoms with Gasteiger partial charge in [-0.2, -0.15) is 4.98 Å². The number of rotatable bonds is 5. The number of carbonyl (C=O) groups is 1. The lowest BCUT2D eigenvalue weighted by Crippen LogP contribution is -2.14. The van der Waals surface area contributed by atoms with Crippen molar-refractivity contribution >= 4 is 56.6 Å². The average Bonchev–Trinajstić information content (AvgIpc) is 3.25. The van der Waals surface area contributed by atoms with Gasteiger partial charge in [0.05, 0.1) is 10.6 Å². The van der Waals surface area contributed by atoms with E-state index in [9.17, 15) is 14.9 Å². The molecule has 4 rings (SSSR count). The third-order valence-electron chi connectivity index (χ3n) is 3.89. The molecule has 2 aromatic carbocycles. The van der Waals surface area contributed by atoms with Gasteiger partial charge in [0, 0.05) is 27.9 Å². The first-order valence-electron chi connectivity index (χ1n) is 7.98. The van der Waals surface area contributed by atoms with E-state index in [2.05, 4.69) is 41.4 Å². The van der Waals surface area contributed by atoms with E-state index in [0.717, 1.165) is 10.0 Å². The molecule has 11 heteroatoms. The molecule has 1 aromatic heterocycles. The number of thioether (sulfide) groups is 1. The fourth-order valence-corrected chi connectivity index (χ4v) is 3.67. The topological polar surface area (TPSA) is 126 Å². The van der Waals surface area contributed by atoms with Crippen LogP contribution < -0.4 is 5.32 Å². The number of nitrogens with zero attached hydrogens (tertiary/aromatic N) is 4. The van der Waals surface area contributed by atoms with Gasteiger partial charge in [-0.1, -0.05) is 39.8 Å². The molecular formula is C17H11BrN6O3S. The summed E-state index contributed by atoms with van der Waals surface area (Å²) in [7, 11) is 0. The molecule has 0 aliphatic carbocycles. The van der Waals surface area contributed by atoms with E-state index in [0.29, 0.717) is 22.2 Å². The van der Waals surface area contributed by atoms with E-state index in [-0.39, 0.29) is 23.3 Å². The first-order chi connectivity index (χ1) is 13.5. The maximum absolute atomic E-state index is 12.2. The molecule has 0 unspecified atom stereocenters. The molecule has 0 atom stereocenters. The van der Waals surface area contributed by atoms with Crippen LogP contribution in [0, 0.1) is 10.1 Å². The summed E-state index contributed by atoms with van der Waals surface area (Å²) in [5, 5.41) is 20.7. The number of benzene rings is 2. The lowest BCUT2D eigenvalue weighted by molar-refractivity contribution is -0.384. The van der Waals surface area contributed by atoms with Gasteiger partial charge in [0.15, 0.2) is 0 Å². The van der Waals surface area contributed by atoms with Gasteiger partial charge in [-0.05, 0) is 23.8 Å². The second-order valence-corrected chi connectivity index (χ2v) is 7.62. The number of amides is 1. The molecule has 1 amide bonds. The monoisotopic (exact) mass is 458 g/mol. The molecule has 0 bridgehead atoms. The van der Waals surface area contributed by atoms with Gasteiger partial charge in [-0.3, -0.25) is 14.9 Å². The van der Waals surface area contributed by atoms with Crippen LogP contribution in [0.1, 0.15) is 11.1 Å². The summed E-state index contributed by atoms with van der Waals surface area (Å²) >= 11 is 4.74. The Morgan fingerprint density at radius 2 is 2.00 bits per heavy atom. The van der Waals surface area contributed by atoms with Crippen LogP contribution in [0.25, 0.3) is 0 Å². The zero-order valence-electron chi connectivity index (χ0n) is 14.0. The zero-order valence-corrected chi connectivity index (χ0v) is 16.5. The molecule has 0 radical (unpaired) electrons. The van der Waals surface area contributed by atoms with Gasteiger partial charge in [0.2, 0.25) is 11.1 Å². The number of nitro groups is 1. The van der Waals surface area contributed by atoms with Crippen LogP contribution in [0.3, 0.4) is 0 Å². The quantitative estimate of drug-likeness (QED) is 0.339. The fraction of sp³-hybridized carbons (Fsp3) is 0.0588. The van der Waals surface area contributed by atoms with Gasteiger partial charge in [-0.15, -0.1) is 5.10 Å². The second-order valence-electron chi connectivity index (χ2n) is 5.76. The van der Waals surface area contributed by atoms with Crippen molar-refractivity contribution in [3.63, 3.8) is 0 Å². The van der Waals surface area contributed by atoms with E-state index < -0.39 is 4.92 Å². The predicted molar refractivity (Wildman–Crippen MR) is 108 cm³/mol. The number of nitro benzene ring substituents is 1. The summed E-state index contributed by atoms with van der Waals surface area (Å²) in [5.74, 6) is 0.469. The van der Waals surface area contributed by atoms with Crippen LogP contribution in [-0.4, -0.2) is 31.7 Å². The number of aromatic nitrogens is 3. The van der Waals surface area contributed by atoms with Crippen molar-refractivity contribution in [3.05, 3.63) is 68.2 Å². The zero-order chi connectivity index (χ0) is 19.7. The molecule has 140 valence electrons. The first-order valence-corrected chi connectivity index (χ1v) is 9.76. The number of nitrogens with one attached hydrogen (secondary N) is 2. The Balaban J connectivity index is 1.48. The van der Waals surface area contributed by atoms with E-state index >= 15 is 0 Å². The lowest BCUT2D eigenvalue weighted by atomic mass is 10.1. The maximum atomic E-state index is 12.2. The van der Waals surface area contributed by atoms with Crippen LogP contribution in [0.5, 0.6) is 0 Å². The summed E-state index contributed by atoms with van der Waals surface area (Å²) < 4.78 is 0.840. The summed E-state index contributed by atoms with van der Waals surface area (Å²) in [6.07, 6.45) is 0. The third-order valence-corrected chi connectivity index (χ3v) is 5.30. The Morgan fingerprint density at radius 3 is 2.75 bits per heavy atom. The Hall–Kier alpha value is -3.05. The van der Waals surface area contributed by atoms with Gasteiger partial charge in [0.25, 0.3) is 11.6 Å². The van der Waals surface area contributed by atoms with Crippen molar-refractivity contribution in [2.75, 3.05) is 5.32 Å². The first kappa shape index (κ1) is 18.3. The van der Waals surface area contributed by atoms with Gasteiger partial charge in [0.1, 0.15) is 5.71 Å². The van der Waals surface area contributed by atoms with Crippen molar-refractivity contribution in [2.45, 2.75) is 10.9 Å². The number of H-pyrrole nitrogens is 1. The van der Waals surface area contributed by atoms with Crippen molar-refractivity contribution in [2.24, 2.45) is 4.99 Å². The van der Waals surface area contributed by atoms with Crippen molar-refractivity contribution < 1.29 is 9.72 Å². The van der Waals surface area contributed by atoms with Crippen LogP contribution in [-0.2, 0) is 10.5 Å². The van der Waals surface area contributed by atoms with E-state index in [1.807, 2.05) is 12.1 Å². The van der Waals surface area contributed by atoms with Gasteiger partial charge in [-0.25, -0.2) is 10.1 Å². The van der Waals surface area contributed by atoms with Crippen LogP contribution in [0.2, 0.25) is 0 Å². The number of aromatic amines is 1. The molecule has 28 heavy (non-hydrogen) atoms. The number of halogens is 1.